The molecule has 2 aromatic carbocycles. The monoisotopic (exact) mass is 748 g/mol. The summed E-state index contributed by atoms with van der Waals surface area (Å²) < 4.78 is 46.5. The number of rotatable bonds is 8. The van der Waals surface area contributed by atoms with Crippen molar-refractivity contribution in [1.29, 1.82) is 0 Å². The molecule has 12 nitrogen and oxygen atoms in total. The highest BCUT2D eigenvalue weighted by Crippen LogP contribution is 2.50. The van der Waals surface area contributed by atoms with Crippen LogP contribution in [0.5, 0.6) is 0 Å². The van der Waals surface area contributed by atoms with Crippen molar-refractivity contribution in [2.45, 2.75) is 56.3 Å². The number of nitrogens with zero attached hydrogens (tertiary/aromatic N) is 5. The Morgan fingerprint density at radius 2 is 1.83 bits per heavy atom. The Hall–Kier alpha value is -5.02. The van der Waals surface area contributed by atoms with Crippen molar-refractivity contribution in [2.24, 2.45) is 5.41 Å². The van der Waals surface area contributed by atoms with E-state index < -0.39 is 53.7 Å². The molecule has 4 fully saturated rings. The molecule has 0 bridgehead atoms. The summed E-state index contributed by atoms with van der Waals surface area (Å²) in [6.07, 6.45) is 1.18. The summed E-state index contributed by atoms with van der Waals surface area (Å²) in [6.45, 7) is 0.281. The molecular formula is C37H36ClF3N8O4. The average Bonchev–Trinajstić information content (AvgIpc) is 3.63. The zero-order chi connectivity index (χ0) is 37.2. The van der Waals surface area contributed by atoms with Gasteiger partial charge in [-0.1, -0.05) is 35.9 Å². The van der Waals surface area contributed by atoms with Gasteiger partial charge >= 0.3 is 0 Å². The summed E-state index contributed by atoms with van der Waals surface area (Å²) in [4.78, 5) is 57.8. The number of imide groups is 1. The molecule has 53 heavy (non-hydrogen) atoms. The number of alkyl halides is 3. The van der Waals surface area contributed by atoms with E-state index in [-0.39, 0.29) is 61.1 Å². The van der Waals surface area contributed by atoms with Gasteiger partial charge in [0, 0.05) is 62.2 Å². The van der Waals surface area contributed by atoms with Gasteiger partial charge in [0.1, 0.15) is 6.17 Å². The van der Waals surface area contributed by atoms with Crippen LogP contribution < -0.4 is 16.0 Å². The molecule has 3 aliphatic heterocycles. The number of imidazole rings is 1. The van der Waals surface area contributed by atoms with Gasteiger partial charge in [-0.15, -0.1) is 0 Å². The number of anilines is 1. The van der Waals surface area contributed by atoms with Crippen LogP contribution >= 0.6 is 11.6 Å². The van der Waals surface area contributed by atoms with Gasteiger partial charge in [0.05, 0.1) is 41.5 Å². The van der Waals surface area contributed by atoms with Crippen LogP contribution in [-0.2, 0) is 16.1 Å². The topological polar surface area (TPSA) is 141 Å². The first-order valence-corrected chi connectivity index (χ1v) is 17.9. The third kappa shape index (κ3) is 6.39. The van der Waals surface area contributed by atoms with E-state index in [1.165, 1.54) is 33.8 Å². The van der Waals surface area contributed by atoms with E-state index in [0.717, 1.165) is 11.1 Å². The zero-order valence-electron chi connectivity index (χ0n) is 28.7. The molecule has 16 heteroatoms. The second-order valence-electron chi connectivity index (χ2n) is 14.4. The standard InChI is InChI=1S/C37H36ClF3N8O4/c1-42-29-14-27(46-49-30(15-43-32(29)49)34(52)44-28-13-26(28)39)21-4-2-20(3-5-21)16-47-17-36(18-47)10-11-48(19-37(36,40)41)35(53)22-6-8-25(38)24(12-22)23-7-9-31(50)45-33(23)51/h2-6,8,12,14-15,23,26,28,42H,7,9-11,13,16-19H2,1H3,(H,44,52)(H,45,50,51)/t23?,26-,28?/m0/s1. The maximum Gasteiger partial charge on any atom is 0.273 e. The third-order valence-corrected chi connectivity index (χ3v) is 11.2. The van der Waals surface area contributed by atoms with E-state index in [9.17, 15) is 23.6 Å². The Morgan fingerprint density at radius 3 is 2.51 bits per heavy atom. The van der Waals surface area contributed by atoms with Gasteiger partial charge in [-0.05, 0) is 48.2 Å². The molecule has 8 rings (SSSR count). The van der Waals surface area contributed by atoms with E-state index in [2.05, 4.69) is 26.0 Å². The molecule has 0 radical (unpaired) electrons. The van der Waals surface area contributed by atoms with Crippen LogP contribution in [0.2, 0.25) is 5.02 Å². The number of hydrogen-bond donors (Lipinski definition) is 3. The van der Waals surface area contributed by atoms with Gasteiger partial charge < -0.3 is 15.5 Å². The fourth-order valence-corrected chi connectivity index (χ4v) is 7.91. The van der Waals surface area contributed by atoms with E-state index in [1.54, 1.807) is 7.05 Å². The lowest BCUT2D eigenvalue weighted by atomic mass is 9.69. The molecule has 276 valence electrons. The molecule has 4 aromatic rings. The lowest BCUT2D eigenvalue weighted by Crippen LogP contribution is -2.70. The number of carbonyl (C=O) groups excluding carboxylic acids is 4. The zero-order valence-corrected chi connectivity index (χ0v) is 29.4. The highest BCUT2D eigenvalue weighted by Gasteiger charge is 2.62. The van der Waals surface area contributed by atoms with Crippen LogP contribution in [0.25, 0.3) is 16.9 Å². The van der Waals surface area contributed by atoms with Crippen LogP contribution in [0.15, 0.2) is 54.7 Å². The van der Waals surface area contributed by atoms with Crippen LogP contribution in [-0.4, -0.2) is 99.4 Å². The molecule has 5 heterocycles. The van der Waals surface area contributed by atoms with Crippen molar-refractivity contribution in [1.82, 2.24) is 35.0 Å². The molecule has 1 saturated carbocycles. The number of benzene rings is 2. The first-order valence-electron chi connectivity index (χ1n) is 17.5. The number of carbonyl (C=O) groups is 4. The number of halogens is 4. The van der Waals surface area contributed by atoms with Crippen LogP contribution in [0, 0.1) is 5.41 Å². The maximum atomic E-state index is 15.8. The van der Waals surface area contributed by atoms with Gasteiger partial charge in [0.25, 0.3) is 17.7 Å². The predicted octanol–water partition coefficient (Wildman–Crippen LogP) is 4.44. The number of amides is 4. The lowest BCUT2D eigenvalue weighted by molar-refractivity contribution is -0.220. The maximum absolute atomic E-state index is 15.8. The second-order valence-corrected chi connectivity index (χ2v) is 14.9. The molecule has 2 aromatic heterocycles. The third-order valence-electron chi connectivity index (χ3n) is 10.9. The van der Waals surface area contributed by atoms with Crippen molar-refractivity contribution in [2.75, 3.05) is 38.5 Å². The summed E-state index contributed by atoms with van der Waals surface area (Å²) in [6, 6.07) is 13.3. The van der Waals surface area contributed by atoms with Crippen LogP contribution in [0.4, 0.5) is 18.9 Å². The SMILES string of the molecule is CNc1cc(-c2ccc(CN3CC4(CCN(C(=O)c5ccc(Cl)c(C6CCC(=O)NC6=O)c5)CC4(F)F)C3)cc2)nn2c(C(=O)NC3C[C@@H]3F)cnc12. The molecule has 1 aliphatic carbocycles. The first-order chi connectivity index (χ1) is 25.3. The van der Waals surface area contributed by atoms with Crippen molar-refractivity contribution >= 4 is 46.6 Å². The fraction of sp³-hybridized carbons (Fsp3) is 0.405. The number of piperidine rings is 2. The Bertz CT molecular complexity index is 2160. The Labute approximate surface area is 307 Å². The number of likely N-dealkylation sites (tertiary alicyclic amines) is 2. The molecule has 2 unspecified atom stereocenters. The summed E-state index contributed by atoms with van der Waals surface area (Å²) in [7, 11) is 1.74. The highest BCUT2D eigenvalue weighted by molar-refractivity contribution is 6.32. The summed E-state index contributed by atoms with van der Waals surface area (Å²) >= 11 is 6.35. The summed E-state index contributed by atoms with van der Waals surface area (Å²) in [5.41, 5.74) is 2.88. The summed E-state index contributed by atoms with van der Waals surface area (Å²) in [5.74, 6) is -5.72. The summed E-state index contributed by atoms with van der Waals surface area (Å²) in [5, 5.41) is 12.9. The van der Waals surface area contributed by atoms with E-state index in [0.29, 0.717) is 35.6 Å². The molecule has 4 aliphatic rings. The van der Waals surface area contributed by atoms with Gasteiger partial charge in [0.2, 0.25) is 11.8 Å². The smallest absolute Gasteiger partial charge is 0.273 e. The predicted molar refractivity (Wildman–Crippen MR) is 188 cm³/mol. The number of nitrogens with one attached hydrogen (secondary N) is 3. The van der Waals surface area contributed by atoms with Gasteiger partial charge in [-0.3, -0.25) is 29.4 Å². The lowest BCUT2D eigenvalue weighted by Gasteiger charge is -2.57. The van der Waals surface area contributed by atoms with Crippen molar-refractivity contribution in [3.8, 4) is 11.3 Å². The van der Waals surface area contributed by atoms with Gasteiger partial charge in [0.15, 0.2) is 11.3 Å². The number of hydrogen-bond acceptors (Lipinski definition) is 8. The molecule has 3 N–H and O–H groups in total. The Morgan fingerprint density at radius 1 is 1.08 bits per heavy atom. The average molecular weight is 749 g/mol. The van der Waals surface area contributed by atoms with E-state index in [4.69, 9.17) is 11.6 Å². The van der Waals surface area contributed by atoms with Crippen molar-refractivity contribution in [3.63, 3.8) is 0 Å². The number of fused-ring (bicyclic) bond motifs is 1. The van der Waals surface area contributed by atoms with E-state index >= 15 is 8.78 Å². The fourth-order valence-electron chi connectivity index (χ4n) is 7.66. The minimum absolute atomic E-state index is 0.139. The Kier molecular flexibility index (Phi) is 8.68. The molecular weight excluding hydrogens is 713 g/mol. The van der Waals surface area contributed by atoms with Crippen LogP contribution in [0.3, 0.4) is 0 Å². The second kappa shape index (κ2) is 13.1. The largest absolute Gasteiger partial charge is 0.385 e. The highest BCUT2D eigenvalue weighted by atomic mass is 35.5. The quantitative estimate of drug-likeness (QED) is 0.225. The molecule has 4 amide bonds. The van der Waals surface area contributed by atoms with Crippen LogP contribution in [0.1, 0.15) is 63.6 Å². The number of aromatic nitrogens is 3. The van der Waals surface area contributed by atoms with E-state index in [1.807, 2.05) is 35.2 Å². The van der Waals surface area contributed by atoms with Crippen molar-refractivity contribution in [3.05, 3.63) is 82.1 Å². The Balaban J connectivity index is 0.905. The molecule has 3 saturated heterocycles. The first kappa shape index (κ1) is 35.0. The van der Waals surface area contributed by atoms with Gasteiger partial charge in [-0.25, -0.2) is 22.7 Å². The minimum Gasteiger partial charge on any atom is -0.385 e. The minimum atomic E-state index is -3.12. The van der Waals surface area contributed by atoms with Gasteiger partial charge in [-0.2, -0.15) is 5.10 Å². The molecule has 1 spiro atoms. The normalized spacial score (nSPS) is 23.4. The molecule has 3 atom stereocenters. The van der Waals surface area contributed by atoms with Crippen molar-refractivity contribution < 1.29 is 32.3 Å².